The third-order valence-electron chi connectivity index (χ3n) is 1.88. The van der Waals surface area contributed by atoms with Crippen molar-refractivity contribution in [3.63, 3.8) is 0 Å². The Morgan fingerprint density at radius 2 is 1.79 bits per heavy atom. The highest BCUT2D eigenvalue weighted by molar-refractivity contribution is 5.77. The van der Waals surface area contributed by atoms with Crippen molar-refractivity contribution in [2.45, 2.75) is 24.4 Å². The van der Waals surface area contributed by atoms with E-state index in [-0.39, 0.29) is 0 Å². The Kier molecular flexibility index (Phi) is 8.05. The topological polar surface area (TPSA) is 208 Å². The highest BCUT2D eigenvalue weighted by atomic mass is 16.8. The summed E-state index contributed by atoms with van der Waals surface area (Å²) < 4.78 is 0. The van der Waals surface area contributed by atoms with Crippen molar-refractivity contribution in [1.82, 2.24) is 10.8 Å². The molecule has 0 aromatic rings. The van der Waals surface area contributed by atoms with Crippen LogP contribution in [0.1, 0.15) is 0 Å². The number of nitrogens with one attached hydrogen (secondary N) is 1. The molecule has 0 saturated carbocycles. The van der Waals surface area contributed by atoms with Gasteiger partial charge in [-0.1, -0.05) is 0 Å². The SMILES string of the molecule is NC(=NN=CC(O)C(O)C(O)C(O)CO)NN(O)O. The number of guanidine groups is 1. The molecule has 0 saturated heterocycles. The fourth-order valence-electron chi connectivity index (χ4n) is 0.914. The number of nitrogens with zero attached hydrogens (tertiary/aromatic N) is 3. The second kappa shape index (κ2) is 8.68. The number of aliphatic hydroxyl groups is 5. The summed E-state index contributed by atoms with van der Waals surface area (Å²) in [5.74, 6) is -0.543. The van der Waals surface area contributed by atoms with Crippen LogP contribution in [0.4, 0.5) is 0 Å². The number of rotatable bonds is 7. The van der Waals surface area contributed by atoms with E-state index in [1.165, 1.54) is 0 Å². The van der Waals surface area contributed by atoms with Gasteiger partial charge in [-0.15, -0.1) is 5.10 Å². The number of nitrogens with two attached hydrogens (primary N) is 1. The maximum absolute atomic E-state index is 9.35. The van der Waals surface area contributed by atoms with Gasteiger partial charge in [0.25, 0.3) is 0 Å². The van der Waals surface area contributed by atoms with Crippen molar-refractivity contribution in [3.05, 3.63) is 0 Å². The van der Waals surface area contributed by atoms with E-state index in [1.54, 1.807) is 5.43 Å². The van der Waals surface area contributed by atoms with Gasteiger partial charge in [0.15, 0.2) is 0 Å². The van der Waals surface area contributed by atoms with Crippen molar-refractivity contribution >= 4 is 12.2 Å². The molecule has 0 radical (unpaired) electrons. The minimum atomic E-state index is -1.82. The Hall–Kier alpha value is -1.38. The van der Waals surface area contributed by atoms with Gasteiger partial charge < -0.3 is 31.3 Å². The van der Waals surface area contributed by atoms with Gasteiger partial charge in [0.1, 0.15) is 24.4 Å². The molecule has 4 unspecified atom stereocenters. The highest BCUT2D eigenvalue weighted by Gasteiger charge is 2.29. The van der Waals surface area contributed by atoms with E-state index in [4.69, 9.17) is 26.4 Å². The van der Waals surface area contributed by atoms with E-state index >= 15 is 0 Å². The van der Waals surface area contributed by atoms with Gasteiger partial charge in [-0.25, -0.2) is 5.43 Å². The molecule has 12 heteroatoms. The molecular formula is C7H17N5O7. The van der Waals surface area contributed by atoms with Crippen molar-refractivity contribution in [1.29, 1.82) is 0 Å². The standard InChI is InChI=1S/C7H17N5O7/c8-7(11-12(18)19)10-9-1-3(14)5(16)6(17)4(15)2-13/h1,3-6,13-19H,2H2,(H3,8,10,11). The van der Waals surface area contributed by atoms with Gasteiger partial charge in [-0.05, 0) is 0 Å². The molecule has 12 nitrogen and oxygen atoms in total. The predicted molar refractivity (Wildman–Crippen MR) is 59.8 cm³/mol. The van der Waals surface area contributed by atoms with Gasteiger partial charge >= 0.3 is 0 Å². The normalized spacial score (nSPS) is 19.5. The van der Waals surface area contributed by atoms with E-state index in [1.807, 2.05) is 0 Å². The molecule has 0 aromatic heterocycles. The van der Waals surface area contributed by atoms with Crippen LogP contribution in [0, 0.1) is 0 Å². The van der Waals surface area contributed by atoms with Gasteiger partial charge in [0.05, 0.1) is 12.8 Å². The predicted octanol–water partition coefficient (Wildman–Crippen LogP) is -4.69. The largest absolute Gasteiger partial charge is 0.394 e. The van der Waals surface area contributed by atoms with E-state index in [9.17, 15) is 15.3 Å². The lowest BCUT2D eigenvalue weighted by atomic mass is 10.0. The molecule has 0 aliphatic rings. The molecule has 0 spiro atoms. The molecule has 0 aliphatic heterocycles. The molecule has 10 N–H and O–H groups in total. The van der Waals surface area contributed by atoms with E-state index in [0.717, 1.165) is 0 Å². The number of aliphatic hydroxyl groups excluding tert-OH is 5. The van der Waals surface area contributed by atoms with Crippen LogP contribution in [0.2, 0.25) is 0 Å². The number of hydrogen-bond donors (Lipinski definition) is 9. The Labute approximate surface area is 107 Å². The van der Waals surface area contributed by atoms with Crippen LogP contribution in [-0.4, -0.2) is 84.5 Å². The molecule has 0 rings (SSSR count). The van der Waals surface area contributed by atoms with E-state index in [2.05, 4.69) is 10.2 Å². The summed E-state index contributed by atoms with van der Waals surface area (Å²) in [5, 5.41) is 67.9. The molecular weight excluding hydrogens is 266 g/mol. The lowest BCUT2D eigenvalue weighted by molar-refractivity contribution is -0.329. The maximum Gasteiger partial charge on any atom is 0.232 e. The first kappa shape index (κ1) is 17.6. The molecule has 0 aromatic carbocycles. The Bertz CT molecular complexity index is 312. The van der Waals surface area contributed by atoms with Crippen LogP contribution < -0.4 is 11.2 Å². The summed E-state index contributed by atoms with van der Waals surface area (Å²) in [6.45, 7) is -0.806. The second-order valence-corrected chi connectivity index (χ2v) is 3.37. The third kappa shape index (κ3) is 6.94. The lowest BCUT2D eigenvalue weighted by Crippen LogP contribution is -2.46. The van der Waals surface area contributed by atoms with Crippen molar-refractivity contribution < 1.29 is 35.9 Å². The van der Waals surface area contributed by atoms with Crippen LogP contribution in [0.3, 0.4) is 0 Å². The zero-order valence-corrected chi connectivity index (χ0v) is 9.64. The van der Waals surface area contributed by atoms with Crippen LogP contribution in [0.5, 0.6) is 0 Å². The first-order valence-corrected chi connectivity index (χ1v) is 4.93. The molecule has 19 heavy (non-hydrogen) atoms. The van der Waals surface area contributed by atoms with E-state index in [0.29, 0.717) is 6.21 Å². The molecule has 0 amide bonds. The number of hydrazine groups is 1. The average Bonchev–Trinajstić information content (AvgIpc) is 2.34. The zero-order valence-electron chi connectivity index (χ0n) is 9.64. The number of hydrogen-bond acceptors (Lipinski definition) is 10. The minimum Gasteiger partial charge on any atom is -0.394 e. The Morgan fingerprint density at radius 3 is 2.26 bits per heavy atom. The van der Waals surface area contributed by atoms with Gasteiger partial charge in [-0.3, -0.25) is 10.4 Å². The van der Waals surface area contributed by atoms with Crippen LogP contribution in [0.25, 0.3) is 0 Å². The van der Waals surface area contributed by atoms with Crippen molar-refractivity contribution in [2.24, 2.45) is 15.9 Å². The Morgan fingerprint density at radius 1 is 1.21 bits per heavy atom. The summed E-state index contributed by atoms with van der Waals surface area (Å²) in [6, 6.07) is 0. The van der Waals surface area contributed by atoms with Crippen molar-refractivity contribution in [2.75, 3.05) is 6.61 Å². The highest BCUT2D eigenvalue weighted by Crippen LogP contribution is 2.03. The summed E-state index contributed by atoms with van der Waals surface area (Å²) in [7, 11) is 0. The summed E-state index contributed by atoms with van der Waals surface area (Å²) in [6.07, 6.45) is -6.28. The van der Waals surface area contributed by atoms with Gasteiger partial charge in [-0.2, -0.15) is 5.10 Å². The molecule has 0 fully saturated rings. The lowest BCUT2D eigenvalue weighted by Gasteiger charge is -2.23. The smallest absolute Gasteiger partial charge is 0.232 e. The second-order valence-electron chi connectivity index (χ2n) is 3.37. The fraction of sp³-hybridized carbons (Fsp3) is 0.714. The van der Waals surface area contributed by atoms with Crippen LogP contribution in [-0.2, 0) is 0 Å². The maximum atomic E-state index is 9.35. The minimum absolute atomic E-state index is 0.485. The molecule has 0 aliphatic carbocycles. The van der Waals surface area contributed by atoms with Gasteiger partial charge in [0, 0.05) is 5.34 Å². The summed E-state index contributed by atoms with van der Waals surface area (Å²) in [5.41, 5.74) is 6.75. The van der Waals surface area contributed by atoms with Crippen LogP contribution in [0.15, 0.2) is 10.2 Å². The van der Waals surface area contributed by atoms with Gasteiger partial charge in [0.2, 0.25) is 5.96 Å². The molecule has 4 atom stereocenters. The Balaban J connectivity index is 4.39. The molecule has 0 bridgehead atoms. The first-order valence-electron chi connectivity index (χ1n) is 4.93. The summed E-state index contributed by atoms with van der Waals surface area (Å²) in [4.78, 5) is 0. The zero-order chi connectivity index (χ0) is 15.0. The van der Waals surface area contributed by atoms with E-state index < -0.39 is 42.3 Å². The third-order valence-corrected chi connectivity index (χ3v) is 1.88. The quantitative estimate of drug-likeness (QED) is 0.124. The molecule has 0 heterocycles. The fourth-order valence-corrected chi connectivity index (χ4v) is 0.914. The summed E-state index contributed by atoms with van der Waals surface area (Å²) >= 11 is 0. The average molecular weight is 283 g/mol. The first-order chi connectivity index (χ1) is 8.79. The van der Waals surface area contributed by atoms with Crippen molar-refractivity contribution in [3.8, 4) is 0 Å². The van der Waals surface area contributed by atoms with Crippen LogP contribution >= 0.6 is 0 Å². The molecule has 112 valence electrons. The monoisotopic (exact) mass is 283 g/mol.